The van der Waals surface area contributed by atoms with Crippen molar-refractivity contribution in [2.75, 3.05) is 18.4 Å². The highest BCUT2D eigenvalue weighted by Gasteiger charge is 2.34. The van der Waals surface area contributed by atoms with E-state index in [1.54, 1.807) is 13.0 Å². The Bertz CT molecular complexity index is 2210. The molecule has 0 aliphatic heterocycles. The van der Waals surface area contributed by atoms with E-state index in [-0.39, 0.29) is 47.2 Å². The number of rotatable bonds is 9. The van der Waals surface area contributed by atoms with Crippen LogP contribution in [0.3, 0.4) is 0 Å². The number of pyridine rings is 2. The molecular formula is C35H27F3N8O4S. The number of hydrogen-bond donors (Lipinski definition) is 3. The van der Waals surface area contributed by atoms with Crippen molar-refractivity contribution in [1.82, 2.24) is 35.4 Å². The Morgan fingerprint density at radius 3 is 2.31 bits per heavy atom. The number of benzene rings is 2. The lowest BCUT2D eigenvalue weighted by atomic mass is 9.96. The van der Waals surface area contributed by atoms with Gasteiger partial charge in [-0.05, 0) is 41.3 Å². The molecule has 0 spiro atoms. The van der Waals surface area contributed by atoms with Gasteiger partial charge in [-0.25, -0.2) is 19.6 Å². The maximum absolute atomic E-state index is 13.5. The first-order valence-electron chi connectivity index (χ1n) is 15.6. The highest BCUT2D eigenvalue weighted by molar-refractivity contribution is 7.13. The Hall–Kier alpha value is -6.16. The minimum absolute atomic E-state index is 0.0467. The minimum Gasteiger partial charge on any atom is -0.465 e. The van der Waals surface area contributed by atoms with E-state index in [0.717, 1.165) is 39.0 Å². The standard InChI is InChI=1S/C35H27F3N8O4S/c1-2-40-33(47)43-29-12-25(32-42-28(18-51-32)35(36,37)38)26(15-41-29)19-11-20(14-39-13-19)31-45-44-30(50-31)17-46(34(48)49)16-27-23-9-5-3-7-21(23)22-8-4-6-10-24(22)27/h3-15,18,27H,2,16-17H2,1H3,(H,48,49)(H2,40,41,43,47). The topological polar surface area (TPSA) is 159 Å². The molecule has 0 unspecified atom stereocenters. The zero-order valence-corrected chi connectivity index (χ0v) is 27.5. The molecular weight excluding hydrogens is 685 g/mol. The molecule has 16 heteroatoms. The number of carboxylic acid groups (broad SMARTS) is 1. The fourth-order valence-corrected chi connectivity index (χ4v) is 6.82. The van der Waals surface area contributed by atoms with Crippen LogP contribution in [0, 0.1) is 0 Å². The predicted molar refractivity (Wildman–Crippen MR) is 182 cm³/mol. The van der Waals surface area contributed by atoms with Crippen LogP contribution in [-0.4, -0.2) is 60.4 Å². The van der Waals surface area contributed by atoms with Crippen LogP contribution in [0.1, 0.15) is 35.6 Å². The lowest BCUT2D eigenvalue weighted by Crippen LogP contribution is -2.33. The normalized spacial score (nSPS) is 12.3. The molecule has 0 saturated carbocycles. The molecule has 12 nitrogen and oxygen atoms in total. The van der Waals surface area contributed by atoms with E-state index in [1.165, 1.54) is 29.6 Å². The number of anilines is 1. The molecule has 0 bridgehead atoms. The maximum Gasteiger partial charge on any atom is 0.434 e. The molecule has 3 amide bonds. The zero-order chi connectivity index (χ0) is 35.7. The smallest absolute Gasteiger partial charge is 0.434 e. The maximum atomic E-state index is 13.5. The third kappa shape index (κ3) is 6.85. The summed E-state index contributed by atoms with van der Waals surface area (Å²) in [5, 5.41) is 24.5. The second-order valence-electron chi connectivity index (χ2n) is 11.5. The molecule has 4 heterocycles. The van der Waals surface area contributed by atoms with Gasteiger partial charge >= 0.3 is 18.3 Å². The molecule has 51 heavy (non-hydrogen) atoms. The van der Waals surface area contributed by atoms with Crippen molar-refractivity contribution < 1.29 is 32.3 Å². The van der Waals surface area contributed by atoms with Gasteiger partial charge in [-0.15, -0.1) is 21.5 Å². The number of halogens is 3. The van der Waals surface area contributed by atoms with Crippen molar-refractivity contribution in [3.63, 3.8) is 0 Å². The number of alkyl halides is 3. The molecule has 4 aromatic heterocycles. The van der Waals surface area contributed by atoms with Gasteiger partial charge < -0.3 is 14.8 Å². The van der Waals surface area contributed by atoms with Gasteiger partial charge in [0.15, 0.2) is 5.69 Å². The van der Waals surface area contributed by atoms with Crippen LogP contribution >= 0.6 is 11.3 Å². The molecule has 1 aliphatic carbocycles. The lowest BCUT2D eigenvalue weighted by molar-refractivity contribution is -0.140. The van der Waals surface area contributed by atoms with Crippen molar-refractivity contribution in [3.05, 3.63) is 107 Å². The Morgan fingerprint density at radius 2 is 1.65 bits per heavy atom. The third-order valence-corrected chi connectivity index (χ3v) is 9.11. The van der Waals surface area contributed by atoms with E-state index in [1.807, 2.05) is 48.5 Å². The fourth-order valence-electron chi connectivity index (χ4n) is 5.97. The largest absolute Gasteiger partial charge is 0.465 e. The summed E-state index contributed by atoms with van der Waals surface area (Å²) in [5.74, 6) is 0.0239. The van der Waals surface area contributed by atoms with Gasteiger partial charge in [-0.3, -0.25) is 15.2 Å². The summed E-state index contributed by atoms with van der Waals surface area (Å²) >= 11 is 0.791. The zero-order valence-electron chi connectivity index (χ0n) is 26.7. The van der Waals surface area contributed by atoms with Crippen molar-refractivity contribution in [2.45, 2.75) is 25.6 Å². The number of thiazole rings is 1. The number of nitrogens with zero attached hydrogens (tertiary/aromatic N) is 6. The lowest BCUT2D eigenvalue weighted by Gasteiger charge is -2.23. The molecule has 2 aromatic carbocycles. The van der Waals surface area contributed by atoms with Crippen LogP contribution in [0.15, 0.2) is 89.1 Å². The highest BCUT2D eigenvalue weighted by atomic mass is 32.1. The molecule has 0 saturated heterocycles. The van der Waals surface area contributed by atoms with Gasteiger partial charge in [0, 0.05) is 59.7 Å². The number of nitrogens with one attached hydrogen (secondary N) is 2. The number of carbonyl (C=O) groups is 2. The van der Waals surface area contributed by atoms with Gasteiger partial charge in [-0.2, -0.15) is 13.2 Å². The van der Waals surface area contributed by atoms with Gasteiger partial charge in [0.05, 0.1) is 5.56 Å². The molecule has 0 radical (unpaired) electrons. The number of fused-ring (bicyclic) bond motifs is 3. The number of aromatic nitrogens is 5. The monoisotopic (exact) mass is 712 g/mol. The van der Waals surface area contributed by atoms with E-state index >= 15 is 0 Å². The van der Waals surface area contributed by atoms with Crippen molar-refractivity contribution in [1.29, 1.82) is 0 Å². The van der Waals surface area contributed by atoms with Crippen molar-refractivity contribution in [3.8, 4) is 44.3 Å². The van der Waals surface area contributed by atoms with Crippen LogP contribution < -0.4 is 10.6 Å². The number of urea groups is 1. The van der Waals surface area contributed by atoms with Crippen LogP contribution in [0.5, 0.6) is 0 Å². The number of amides is 3. The first kappa shape index (κ1) is 33.3. The first-order chi connectivity index (χ1) is 24.6. The highest BCUT2D eigenvalue weighted by Crippen LogP contribution is 2.45. The average Bonchev–Trinajstić information content (AvgIpc) is 3.87. The van der Waals surface area contributed by atoms with Crippen molar-refractivity contribution >= 4 is 29.3 Å². The van der Waals surface area contributed by atoms with E-state index in [4.69, 9.17) is 4.42 Å². The van der Waals surface area contributed by atoms with Gasteiger partial charge in [0.25, 0.3) is 0 Å². The van der Waals surface area contributed by atoms with Crippen molar-refractivity contribution in [2.24, 2.45) is 0 Å². The average molecular weight is 713 g/mol. The van der Waals surface area contributed by atoms with E-state index in [9.17, 15) is 27.9 Å². The molecule has 0 atom stereocenters. The third-order valence-electron chi connectivity index (χ3n) is 8.23. The molecule has 6 aromatic rings. The van der Waals surface area contributed by atoms with E-state index in [2.05, 4.69) is 35.8 Å². The second-order valence-corrected chi connectivity index (χ2v) is 12.3. The van der Waals surface area contributed by atoms with E-state index in [0.29, 0.717) is 23.2 Å². The van der Waals surface area contributed by atoms with Gasteiger partial charge in [-0.1, -0.05) is 48.5 Å². The predicted octanol–water partition coefficient (Wildman–Crippen LogP) is 7.77. The van der Waals surface area contributed by atoms with Crippen LogP contribution in [-0.2, 0) is 12.7 Å². The summed E-state index contributed by atoms with van der Waals surface area (Å²) < 4.78 is 46.3. The molecule has 258 valence electrons. The Labute approximate surface area is 292 Å². The Kier molecular flexibility index (Phi) is 8.91. The fraction of sp³-hybridized carbons (Fsp3) is 0.171. The van der Waals surface area contributed by atoms with E-state index < -0.39 is 24.0 Å². The summed E-state index contributed by atoms with van der Waals surface area (Å²) in [6.07, 6.45) is -1.45. The second kappa shape index (κ2) is 13.6. The minimum atomic E-state index is -4.65. The van der Waals surface area contributed by atoms with Crippen LogP contribution in [0.4, 0.5) is 28.6 Å². The van der Waals surface area contributed by atoms with Crippen LogP contribution in [0.2, 0.25) is 0 Å². The molecule has 0 fully saturated rings. The summed E-state index contributed by atoms with van der Waals surface area (Å²) in [5.41, 5.74) is 4.62. The van der Waals surface area contributed by atoms with Gasteiger partial charge in [0.2, 0.25) is 11.8 Å². The Balaban J connectivity index is 1.16. The van der Waals surface area contributed by atoms with Gasteiger partial charge in [0.1, 0.15) is 17.4 Å². The summed E-state index contributed by atoms with van der Waals surface area (Å²) in [7, 11) is 0. The summed E-state index contributed by atoms with van der Waals surface area (Å²) in [6.45, 7) is 2.08. The Morgan fingerprint density at radius 1 is 0.941 bits per heavy atom. The number of hydrogen-bond acceptors (Lipinski definition) is 9. The summed E-state index contributed by atoms with van der Waals surface area (Å²) in [6, 6.07) is 18.4. The SMILES string of the molecule is CCNC(=O)Nc1cc(-c2nc(C(F)(F)F)cs2)c(-c2cncc(-c3nnc(CN(CC4c5ccccc5-c5ccccc54)C(=O)O)o3)c2)cn1. The first-order valence-corrected chi connectivity index (χ1v) is 16.5. The number of carbonyl (C=O) groups excluding carboxylic acids is 1. The summed E-state index contributed by atoms with van der Waals surface area (Å²) in [4.78, 5) is 38.2. The van der Waals surface area contributed by atoms with Crippen LogP contribution in [0.25, 0.3) is 44.3 Å². The molecule has 3 N–H and O–H groups in total. The molecule has 1 aliphatic rings. The quantitative estimate of drug-likeness (QED) is 0.136. The molecule has 7 rings (SSSR count).